The molecule has 0 aliphatic rings. The van der Waals surface area contributed by atoms with Gasteiger partial charge < -0.3 is 4.55 Å². The zero-order chi connectivity index (χ0) is 12.4. The van der Waals surface area contributed by atoms with Crippen molar-refractivity contribution in [1.29, 1.82) is 0 Å². The van der Waals surface area contributed by atoms with E-state index in [4.69, 9.17) is 0 Å². The van der Waals surface area contributed by atoms with E-state index in [9.17, 15) is 13.0 Å². The molecule has 0 spiro atoms. The summed E-state index contributed by atoms with van der Waals surface area (Å²) in [5, 5.41) is 0. The van der Waals surface area contributed by atoms with E-state index in [0.29, 0.717) is 12.8 Å². The van der Waals surface area contributed by atoms with Crippen LogP contribution >= 0.6 is 0 Å². The standard InChI is InChI=1S/C11H24O4S.Na/c1-3-5-6-7-8-9-10-11(4-2)15-16(12,13)14;/h11H,3-10H2,1-2H3,(H,12,13,14);/q;+1/p-1. The maximum Gasteiger partial charge on any atom is 1.00 e. The largest absolute Gasteiger partial charge is 1.00 e. The molecule has 98 valence electrons. The monoisotopic (exact) mass is 274 g/mol. The first-order chi connectivity index (χ1) is 7.49. The van der Waals surface area contributed by atoms with Gasteiger partial charge in [-0.05, 0) is 12.8 Å². The van der Waals surface area contributed by atoms with Crippen molar-refractivity contribution in [2.24, 2.45) is 0 Å². The Bertz CT molecular complexity index is 254. The summed E-state index contributed by atoms with van der Waals surface area (Å²) in [5.41, 5.74) is 0. The van der Waals surface area contributed by atoms with E-state index in [0.717, 1.165) is 12.8 Å². The molecule has 6 heteroatoms. The van der Waals surface area contributed by atoms with E-state index in [1.54, 1.807) is 0 Å². The van der Waals surface area contributed by atoms with Crippen molar-refractivity contribution < 1.29 is 46.7 Å². The van der Waals surface area contributed by atoms with Gasteiger partial charge in [-0.2, -0.15) is 0 Å². The van der Waals surface area contributed by atoms with Crippen LogP contribution in [0.3, 0.4) is 0 Å². The van der Waals surface area contributed by atoms with Crippen LogP contribution in [0.15, 0.2) is 0 Å². The molecule has 0 saturated heterocycles. The zero-order valence-electron chi connectivity index (χ0n) is 11.3. The van der Waals surface area contributed by atoms with E-state index in [2.05, 4.69) is 11.1 Å². The van der Waals surface area contributed by atoms with Gasteiger partial charge in [-0.25, -0.2) is 8.42 Å². The molecule has 1 unspecified atom stereocenters. The predicted octanol–water partition coefficient (Wildman–Crippen LogP) is -0.00360. The summed E-state index contributed by atoms with van der Waals surface area (Å²) in [6, 6.07) is 0. The first-order valence-corrected chi connectivity index (χ1v) is 7.47. The fourth-order valence-corrected chi connectivity index (χ4v) is 2.20. The predicted molar refractivity (Wildman–Crippen MR) is 62.9 cm³/mol. The summed E-state index contributed by atoms with van der Waals surface area (Å²) in [7, 11) is -4.54. The third kappa shape index (κ3) is 14.8. The van der Waals surface area contributed by atoms with Crippen molar-refractivity contribution in [3.63, 3.8) is 0 Å². The van der Waals surface area contributed by atoms with Gasteiger partial charge in [-0.3, -0.25) is 4.18 Å². The Hall–Kier alpha value is 0.870. The minimum atomic E-state index is -4.54. The number of unbranched alkanes of at least 4 members (excludes halogenated alkanes) is 5. The molecule has 0 saturated carbocycles. The maximum atomic E-state index is 10.4. The molecule has 0 fully saturated rings. The summed E-state index contributed by atoms with van der Waals surface area (Å²) in [6.45, 7) is 3.99. The number of rotatable bonds is 10. The molecule has 17 heavy (non-hydrogen) atoms. The van der Waals surface area contributed by atoms with Crippen LogP contribution in [0.2, 0.25) is 0 Å². The smallest absolute Gasteiger partial charge is 0.726 e. The Kier molecular flexibility index (Phi) is 14.2. The molecule has 0 aromatic heterocycles. The molecule has 0 bridgehead atoms. The van der Waals surface area contributed by atoms with Gasteiger partial charge in [0.1, 0.15) is 0 Å². The number of hydrogen-bond acceptors (Lipinski definition) is 4. The zero-order valence-corrected chi connectivity index (χ0v) is 14.1. The van der Waals surface area contributed by atoms with Crippen LogP contribution in [-0.4, -0.2) is 19.1 Å². The molecule has 4 nitrogen and oxygen atoms in total. The topological polar surface area (TPSA) is 66.4 Å². The summed E-state index contributed by atoms with van der Waals surface area (Å²) >= 11 is 0. The first-order valence-electron chi connectivity index (χ1n) is 6.13. The normalized spacial score (nSPS) is 13.1. The van der Waals surface area contributed by atoms with Crippen molar-refractivity contribution in [3.8, 4) is 0 Å². The van der Waals surface area contributed by atoms with Crippen molar-refractivity contribution in [2.45, 2.75) is 71.3 Å². The van der Waals surface area contributed by atoms with E-state index in [1.807, 2.05) is 6.92 Å². The Morgan fingerprint density at radius 1 is 1.06 bits per heavy atom. The molecule has 0 rings (SSSR count). The summed E-state index contributed by atoms with van der Waals surface area (Å²) < 4.78 is 35.6. The van der Waals surface area contributed by atoms with Crippen LogP contribution < -0.4 is 29.6 Å². The summed E-state index contributed by atoms with van der Waals surface area (Å²) in [4.78, 5) is 0. The van der Waals surface area contributed by atoms with Crippen LogP contribution in [0.25, 0.3) is 0 Å². The van der Waals surface area contributed by atoms with Crippen LogP contribution in [-0.2, 0) is 14.6 Å². The molecular formula is C11H23NaO4S. The fraction of sp³-hybridized carbons (Fsp3) is 1.00. The van der Waals surface area contributed by atoms with Gasteiger partial charge in [0.25, 0.3) is 0 Å². The second kappa shape index (κ2) is 11.9. The maximum absolute atomic E-state index is 10.4. The third-order valence-corrected chi connectivity index (χ3v) is 3.10. The van der Waals surface area contributed by atoms with Crippen molar-refractivity contribution >= 4 is 10.4 Å². The van der Waals surface area contributed by atoms with E-state index >= 15 is 0 Å². The van der Waals surface area contributed by atoms with Crippen LogP contribution in [0.1, 0.15) is 65.2 Å². The molecule has 0 heterocycles. The molecule has 0 aliphatic carbocycles. The molecule has 0 radical (unpaired) electrons. The van der Waals surface area contributed by atoms with Crippen LogP contribution in [0, 0.1) is 0 Å². The van der Waals surface area contributed by atoms with E-state index < -0.39 is 16.5 Å². The van der Waals surface area contributed by atoms with Crippen LogP contribution in [0.4, 0.5) is 0 Å². The molecule has 0 aromatic rings. The molecule has 0 amide bonds. The van der Waals surface area contributed by atoms with Gasteiger partial charge in [-0.15, -0.1) is 0 Å². The van der Waals surface area contributed by atoms with Gasteiger partial charge in [0.05, 0.1) is 6.10 Å². The van der Waals surface area contributed by atoms with Crippen molar-refractivity contribution in [3.05, 3.63) is 0 Å². The van der Waals surface area contributed by atoms with Crippen molar-refractivity contribution in [2.75, 3.05) is 0 Å². The van der Waals surface area contributed by atoms with Gasteiger partial charge in [0.15, 0.2) is 0 Å². The Balaban J connectivity index is 0. The Morgan fingerprint density at radius 2 is 1.59 bits per heavy atom. The summed E-state index contributed by atoms with van der Waals surface area (Å²) in [6.07, 6.45) is 7.67. The van der Waals surface area contributed by atoms with Gasteiger partial charge in [-0.1, -0.05) is 52.4 Å². The molecule has 1 atom stereocenters. The first kappa shape index (κ1) is 20.2. The van der Waals surface area contributed by atoms with E-state index in [1.165, 1.54) is 25.7 Å². The minimum absolute atomic E-state index is 0. The molecule has 0 aliphatic heterocycles. The van der Waals surface area contributed by atoms with Crippen LogP contribution in [0.5, 0.6) is 0 Å². The SMILES string of the molecule is CCCCCCCCC(CC)OS(=O)(=O)[O-].[Na+]. The van der Waals surface area contributed by atoms with Gasteiger partial charge >= 0.3 is 29.6 Å². The Morgan fingerprint density at radius 3 is 2.06 bits per heavy atom. The summed E-state index contributed by atoms with van der Waals surface area (Å²) in [5.74, 6) is 0. The van der Waals surface area contributed by atoms with E-state index in [-0.39, 0.29) is 29.6 Å². The number of hydrogen-bond donors (Lipinski definition) is 0. The molecule has 0 N–H and O–H groups in total. The fourth-order valence-electron chi connectivity index (χ4n) is 1.64. The second-order valence-electron chi connectivity index (χ2n) is 4.09. The molecule has 0 aromatic carbocycles. The van der Waals surface area contributed by atoms with Crippen molar-refractivity contribution in [1.82, 2.24) is 0 Å². The van der Waals surface area contributed by atoms with Gasteiger partial charge in [0.2, 0.25) is 10.4 Å². The second-order valence-corrected chi connectivity index (χ2v) is 5.10. The average Bonchev–Trinajstić information content (AvgIpc) is 2.19. The average molecular weight is 274 g/mol. The Labute approximate surface area is 128 Å². The third-order valence-electron chi connectivity index (χ3n) is 2.59. The molecular weight excluding hydrogens is 251 g/mol. The quantitative estimate of drug-likeness (QED) is 0.243. The van der Waals surface area contributed by atoms with Gasteiger partial charge in [0, 0.05) is 0 Å². The minimum Gasteiger partial charge on any atom is -0.726 e.